The van der Waals surface area contributed by atoms with Crippen LogP contribution in [0.1, 0.15) is 50.1 Å². The molecular formula is C15H22N4O3S. The fourth-order valence-electron chi connectivity index (χ4n) is 2.18. The summed E-state index contributed by atoms with van der Waals surface area (Å²) in [5.41, 5.74) is 0.974. The smallest absolute Gasteiger partial charge is 0.243 e. The molecule has 0 amide bonds. The number of rotatable bonds is 7. The average molecular weight is 338 g/mol. The van der Waals surface area contributed by atoms with Crippen LogP contribution < -0.4 is 10.0 Å². The second-order valence-electron chi connectivity index (χ2n) is 5.29. The standard InChI is InChI=1S/C15H22N4O3S/c1-5-14-18-15(22-19-14)11(3)17-10(2)12-6-8-13(9-7-12)23(20,21)16-4/h6-11,16-17H,5H2,1-4H3/t10-,11+/m1/s1. The van der Waals surface area contributed by atoms with E-state index in [4.69, 9.17) is 4.52 Å². The summed E-state index contributed by atoms with van der Waals surface area (Å²) in [5.74, 6) is 1.23. The highest BCUT2D eigenvalue weighted by molar-refractivity contribution is 7.89. The number of sulfonamides is 1. The Kier molecular flexibility index (Phi) is 5.51. The summed E-state index contributed by atoms with van der Waals surface area (Å²) in [5, 5.41) is 7.24. The summed E-state index contributed by atoms with van der Waals surface area (Å²) in [6, 6.07) is 6.67. The summed E-state index contributed by atoms with van der Waals surface area (Å²) >= 11 is 0. The molecule has 0 saturated heterocycles. The van der Waals surface area contributed by atoms with Gasteiger partial charge >= 0.3 is 0 Å². The molecule has 2 aromatic rings. The highest BCUT2D eigenvalue weighted by atomic mass is 32.2. The van der Waals surface area contributed by atoms with E-state index < -0.39 is 10.0 Å². The molecule has 1 aromatic heterocycles. The number of hydrogen-bond acceptors (Lipinski definition) is 6. The van der Waals surface area contributed by atoms with Crippen molar-refractivity contribution in [1.82, 2.24) is 20.2 Å². The molecule has 0 aliphatic carbocycles. The molecule has 2 rings (SSSR count). The van der Waals surface area contributed by atoms with Gasteiger partial charge in [0.25, 0.3) is 0 Å². The minimum absolute atomic E-state index is 0.00770. The van der Waals surface area contributed by atoms with Crippen LogP contribution in [0.4, 0.5) is 0 Å². The number of aryl methyl sites for hydroxylation is 1. The Morgan fingerprint density at radius 2 is 1.83 bits per heavy atom. The first-order valence-electron chi connectivity index (χ1n) is 7.49. The highest BCUT2D eigenvalue weighted by Crippen LogP contribution is 2.20. The monoisotopic (exact) mass is 338 g/mol. The van der Waals surface area contributed by atoms with E-state index in [2.05, 4.69) is 20.2 Å². The third kappa shape index (κ3) is 4.15. The van der Waals surface area contributed by atoms with E-state index in [1.807, 2.05) is 20.8 Å². The van der Waals surface area contributed by atoms with Crippen LogP contribution in [0.5, 0.6) is 0 Å². The van der Waals surface area contributed by atoms with Gasteiger partial charge in [-0.15, -0.1) is 0 Å². The molecule has 23 heavy (non-hydrogen) atoms. The van der Waals surface area contributed by atoms with Crippen LogP contribution in [-0.4, -0.2) is 25.6 Å². The van der Waals surface area contributed by atoms with Crippen LogP contribution >= 0.6 is 0 Å². The van der Waals surface area contributed by atoms with E-state index >= 15 is 0 Å². The SMILES string of the molecule is CCc1noc([C@H](C)N[C@H](C)c2ccc(S(=O)(=O)NC)cc2)n1. The molecule has 0 unspecified atom stereocenters. The van der Waals surface area contributed by atoms with Crippen molar-refractivity contribution in [3.05, 3.63) is 41.5 Å². The number of aromatic nitrogens is 2. The Bertz CT molecular complexity index is 740. The molecule has 0 fully saturated rings. The Morgan fingerprint density at radius 1 is 1.17 bits per heavy atom. The minimum Gasteiger partial charge on any atom is -0.338 e. The average Bonchev–Trinajstić information content (AvgIpc) is 3.04. The third-order valence-corrected chi connectivity index (χ3v) is 5.06. The van der Waals surface area contributed by atoms with E-state index in [1.165, 1.54) is 7.05 Å². The second kappa shape index (κ2) is 7.20. The lowest BCUT2D eigenvalue weighted by Gasteiger charge is -2.18. The lowest BCUT2D eigenvalue weighted by molar-refractivity contribution is 0.325. The number of nitrogens with one attached hydrogen (secondary N) is 2. The van der Waals surface area contributed by atoms with E-state index in [9.17, 15) is 8.42 Å². The Morgan fingerprint density at radius 3 is 2.35 bits per heavy atom. The van der Waals surface area contributed by atoms with Crippen LogP contribution in [0, 0.1) is 0 Å². The van der Waals surface area contributed by atoms with Gasteiger partial charge in [0.05, 0.1) is 10.9 Å². The molecule has 2 atom stereocenters. The molecule has 126 valence electrons. The molecule has 0 spiro atoms. The molecule has 0 bridgehead atoms. The van der Waals surface area contributed by atoms with Gasteiger partial charge in [-0.2, -0.15) is 4.98 Å². The normalized spacial score (nSPS) is 14.6. The van der Waals surface area contributed by atoms with Crippen LogP contribution in [0.3, 0.4) is 0 Å². The summed E-state index contributed by atoms with van der Waals surface area (Å²) in [6.45, 7) is 5.91. The first-order chi connectivity index (χ1) is 10.9. The van der Waals surface area contributed by atoms with E-state index in [0.29, 0.717) is 11.7 Å². The van der Waals surface area contributed by atoms with Gasteiger partial charge in [-0.3, -0.25) is 5.32 Å². The largest absolute Gasteiger partial charge is 0.338 e. The van der Waals surface area contributed by atoms with Gasteiger partial charge < -0.3 is 4.52 Å². The quantitative estimate of drug-likeness (QED) is 0.801. The van der Waals surface area contributed by atoms with Gasteiger partial charge in [0.15, 0.2) is 5.82 Å². The predicted molar refractivity (Wildman–Crippen MR) is 86.3 cm³/mol. The molecule has 0 radical (unpaired) electrons. The third-order valence-electron chi connectivity index (χ3n) is 3.63. The summed E-state index contributed by atoms with van der Waals surface area (Å²) in [4.78, 5) is 4.55. The van der Waals surface area contributed by atoms with Gasteiger partial charge in [0, 0.05) is 12.5 Å². The molecule has 7 nitrogen and oxygen atoms in total. The number of benzene rings is 1. The molecule has 0 aliphatic rings. The first kappa shape index (κ1) is 17.6. The lowest BCUT2D eigenvalue weighted by Crippen LogP contribution is -2.23. The first-order valence-corrected chi connectivity index (χ1v) is 8.97. The maximum atomic E-state index is 11.7. The van der Waals surface area contributed by atoms with Gasteiger partial charge in [-0.25, -0.2) is 13.1 Å². The highest BCUT2D eigenvalue weighted by Gasteiger charge is 2.17. The molecule has 1 aromatic carbocycles. The van der Waals surface area contributed by atoms with E-state index in [0.717, 1.165) is 12.0 Å². The molecule has 2 N–H and O–H groups in total. The molecule has 0 saturated carbocycles. The summed E-state index contributed by atoms with van der Waals surface area (Å²) < 4.78 is 31.0. The van der Waals surface area contributed by atoms with Gasteiger partial charge in [-0.05, 0) is 38.6 Å². The molecule has 8 heteroatoms. The van der Waals surface area contributed by atoms with Crippen molar-refractivity contribution < 1.29 is 12.9 Å². The van der Waals surface area contributed by atoms with Crippen molar-refractivity contribution in [2.24, 2.45) is 0 Å². The van der Waals surface area contributed by atoms with Crippen molar-refractivity contribution >= 4 is 10.0 Å². The number of hydrogen-bond donors (Lipinski definition) is 2. The summed E-state index contributed by atoms with van der Waals surface area (Å²) in [7, 11) is -2.02. The van der Waals surface area contributed by atoms with E-state index in [1.54, 1.807) is 24.3 Å². The lowest BCUT2D eigenvalue weighted by atomic mass is 10.1. The molecule has 1 heterocycles. The predicted octanol–water partition coefficient (Wildman–Crippen LogP) is 1.95. The van der Waals surface area contributed by atoms with Crippen LogP contribution in [0.2, 0.25) is 0 Å². The Labute approximate surface area is 136 Å². The van der Waals surface area contributed by atoms with Gasteiger partial charge in [0.1, 0.15) is 0 Å². The van der Waals surface area contributed by atoms with Crippen molar-refractivity contribution in [2.45, 2.75) is 44.2 Å². The van der Waals surface area contributed by atoms with Crippen molar-refractivity contribution in [2.75, 3.05) is 7.05 Å². The van der Waals surface area contributed by atoms with E-state index in [-0.39, 0.29) is 17.0 Å². The molecular weight excluding hydrogens is 316 g/mol. The zero-order valence-electron chi connectivity index (χ0n) is 13.7. The second-order valence-corrected chi connectivity index (χ2v) is 7.18. The fourth-order valence-corrected chi connectivity index (χ4v) is 2.91. The van der Waals surface area contributed by atoms with Gasteiger partial charge in [0.2, 0.25) is 15.9 Å². The minimum atomic E-state index is -3.41. The van der Waals surface area contributed by atoms with Crippen molar-refractivity contribution in [3.8, 4) is 0 Å². The van der Waals surface area contributed by atoms with Crippen LogP contribution in [-0.2, 0) is 16.4 Å². The van der Waals surface area contributed by atoms with Crippen LogP contribution in [0.15, 0.2) is 33.7 Å². The van der Waals surface area contributed by atoms with Crippen molar-refractivity contribution in [3.63, 3.8) is 0 Å². The number of nitrogens with zero attached hydrogens (tertiary/aromatic N) is 2. The maximum Gasteiger partial charge on any atom is 0.243 e. The Balaban J connectivity index is 2.07. The molecule has 0 aliphatic heterocycles. The maximum absolute atomic E-state index is 11.7. The van der Waals surface area contributed by atoms with Crippen molar-refractivity contribution in [1.29, 1.82) is 0 Å². The zero-order valence-corrected chi connectivity index (χ0v) is 14.5. The summed E-state index contributed by atoms with van der Waals surface area (Å²) in [6.07, 6.45) is 0.729. The fraction of sp³-hybridized carbons (Fsp3) is 0.467. The topological polar surface area (TPSA) is 97.1 Å². The Hall–Kier alpha value is -1.77. The van der Waals surface area contributed by atoms with Gasteiger partial charge in [-0.1, -0.05) is 24.2 Å². The van der Waals surface area contributed by atoms with Crippen LogP contribution in [0.25, 0.3) is 0 Å². The zero-order chi connectivity index (χ0) is 17.0.